The second-order valence-corrected chi connectivity index (χ2v) is 9.54. The number of hydrogen-bond donors (Lipinski definition) is 1. The molecule has 1 fully saturated rings. The number of carbonyl (C=O) groups excluding carboxylic acids is 2. The lowest BCUT2D eigenvalue weighted by Gasteiger charge is -2.23. The zero-order valence-corrected chi connectivity index (χ0v) is 20.1. The van der Waals surface area contributed by atoms with Gasteiger partial charge in [-0.15, -0.1) is 11.3 Å². The molecule has 2 heterocycles. The first-order valence-corrected chi connectivity index (χ1v) is 11.5. The third kappa shape index (κ3) is 4.04. The number of benzene rings is 2. The van der Waals surface area contributed by atoms with Crippen LogP contribution in [0.25, 0.3) is 5.76 Å². The molecule has 1 saturated heterocycles. The van der Waals surface area contributed by atoms with Crippen molar-refractivity contribution in [2.75, 3.05) is 12.0 Å². The van der Waals surface area contributed by atoms with Gasteiger partial charge >= 0.3 is 5.91 Å². The van der Waals surface area contributed by atoms with Crippen molar-refractivity contribution in [2.24, 2.45) is 0 Å². The fourth-order valence-electron chi connectivity index (χ4n) is 3.87. The molecule has 1 amide bonds. The Morgan fingerprint density at radius 2 is 1.70 bits per heavy atom. The molecule has 1 atom stereocenters. The maximum Gasteiger partial charge on any atom is 0.301 e. The van der Waals surface area contributed by atoms with Gasteiger partial charge in [-0.1, -0.05) is 38.1 Å². The maximum absolute atomic E-state index is 13.2. The van der Waals surface area contributed by atoms with Crippen molar-refractivity contribution in [3.8, 4) is 5.75 Å². The lowest BCUT2D eigenvalue weighted by molar-refractivity contribution is -0.132. The van der Waals surface area contributed by atoms with E-state index in [1.165, 1.54) is 16.2 Å². The van der Waals surface area contributed by atoms with Gasteiger partial charge in [-0.25, -0.2) is 4.98 Å². The SMILES string of the molecule is COc1ccc(/C(O)=C2\C(=O)C(=O)N(c3nc(C)c(C)s3)[C@H]2c2ccc(C(C)C)cc2)cc1. The molecule has 3 aromatic rings. The highest BCUT2D eigenvalue weighted by atomic mass is 32.1. The molecule has 1 N–H and O–H groups in total. The largest absolute Gasteiger partial charge is 0.507 e. The van der Waals surface area contributed by atoms with Crippen molar-refractivity contribution in [3.05, 3.63) is 81.4 Å². The molecule has 7 heteroatoms. The van der Waals surface area contributed by atoms with Gasteiger partial charge in [0.2, 0.25) is 0 Å². The molecule has 4 rings (SSSR count). The van der Waals surface area contributed by atoms with Gasteiger partial charge in [0.25, 0.3) is 5.78 Å². The van der Waals surface area contributed by atoms with Gasteiger partial charge in [0.1, 0.15) is 11.5 Å². The molecule has 0 aliphatic carbocycles. The lowest BCUT2D eigenvalue weighted by atomic mass is 9.93. The Morgan fingerprint density at radius 3 is 2.21 bits per heavy atom. The number of ketones is 1. The van der Waals surface area contributed by atoms with Crippen LogP contribution in [0.3, 0.4) is 0 Å². The fourth-order valence-corrected chi connectivity index (χ4v) is 4.81. The van der Waals surface area contributed by atoms with E-state index in [4.69, 9.17) is 4.74 Å². The third-order valence-corrected chi connectivity index (χ3v) is 7.02. The first kappa shape index (κ1) is 22.7. The summed E-state index contributed by atoms with van der Waals surface area (Å²) in [5.41, 5.74) is 3.17. The minimum Gasteiger partial charge on any atom is -0.507 e. The van der Waals surface area contributed by atoms with Crippen molar-refractivity contribution < 1.29 is 19.4 Å². The van der Waals surface area contributed by atoms with Crippen molar-refractivity contribution >= 4 is 33.9 Å². The number of anilines is 1. The Kier molecular flexibility index (Phi) is 6.08. The van der Waals surface area contributed by atoms with Crippen LogP contribution in [0.5, 0.6) is 5.75 Å². The predicted octanol–water partition coefficient (Wildman–Crippen LogP) is 5.52. The third-order valence-electron chi connectivity index (χ3n) is 5.95. The number of ether oxygens (including phenoxy) is 1. The smallest absolute Gasteiger partial charge is 0.301 e. The number of amides is 1. The molecule has 1 aliphatic rings. The number of hydrogen-bond acceptors (Lipinski definition) is 6. The van der Waals surface area contributed by atoms with Crippen LogP contribution in [-0.2, 0) is 9.59 Å². The lowest BCUT2D eigenvalue weighted by Crippen LogP contribution is -2.29. The van der Waals surface area contributed by atoms with E-state index in [0.29, 0.717) is 22.4 Å². The van der Waals surface area contributed by atoms with Gasteiger partial charge in [0.05, 0.1) is 24.4 Å². The molecule has 0 saturated carbocycles. The normalized spacial score (nSPS) is 17.8. The summed E-state index contributed by atoms with van der Waals surface area (Å²) >= 11 is 1.36. The van der Waals surface area contributed by atoms with Crippen molar-refractivity contribution in [1.82, 2.24) is 4.98 Å². The van der Waals surface area contributed by atoms with E-state index in [-0.39, 0.29) is 11.3 Å². The van der Waals surface area contributed by atoms with Crippen molar-refractivity contribution in [2.45, 2.75) is 39.7 Å². The molecule has 6 nitrogen and oxygen atoms in total. The van der Waals surface area contributed by atoms with Crippen LogP contribution >= 0.6 is 11.3 Å². The topological polar surface area (TPSA) is 79.7 Å². The molecule has 2 aromatic carbocycles. The number of rotatable bonds is 5. The summed E-state index contributed by atoms with van der Waals surface area (Å²) in [5.74, 6) is -0.680. The Balaban J connectivity index is 1.91. The van der Waals surface area contributed by atoms with E-state index in [2.05, 4.69) is 18.8 Å². The number of methoxy groups -OCH3 is 1. The first-order valence-electron chi connectivity index (χ1n) is 10.7. The van der Waals surface area contributed by atoms with Crippen LogP contribution in [0.4, 0.5) is 5.13 Å². The Hall–Kier alpha value is -3.45. The van der Waals surface area contributed by atoms with Gasteiger partial charge in [-0.3, -0.25) is 14.5 Å². The number of aryl methyl sites for hydroxylation is 2. The summed E-state index contributed by atoms with van der Waals surface area (Å²) in [6.45, 7) is 8.00. The zero-order chi connectivity index (χ0) is 23.9. The van der Waals surface area contributed by atoms with Gasteiger partial charge < -0.3 is 9.84 Å². The van der Waals surface area contributed by atoms with E-state index in [0.717, 1.165) is 21.7 Å². The summed E-state index contributed by atoms with van der Waals surface area (Å²) in [7, 11) is 1.55. The number of Topliss-reactive ketones (excluding diaryl/α,β-unsaturated/α-hetero) is 1. The number of aliphatic hydroxyl groups is 1. The van der Waals surface area contributed by atoms with Crippen molar-refractivity contribution in [1.29, 1.82) is 0 Å². The molecule has 1 aromatic heterocycles. The van der Waals surface area contributed by atoms with E-state index in [1.807, 2.05) is 38.1 Å². The van der Waals surface area contributed by atoms with Gasteiger partial charge in [0.15, 0.2) is 5.13 Å². The van der Waals surface area contributed by atoms with Crippen LogP contribution in [0.15, 0.2) is 54.1 Å². The van der Waals surface area contributed by atoms with Gasteiger partial charge in [0, 0.05) is 10.4 Å². The van der Waals surface area contributed by atoms with Crippen LogP contribution in [0.2, 0.25) is 0 Å². The highest BCUT2D eigenvalue weighted by Crippen LogP contribution is 2.44. The van der Waals surface area contributed by atoms with E-state index in [9.17, 15) is 14.7 Å². The average Bonchev–Trinajstić information content (AvgIpc) is 3.28. The Labute approximate surface area is 197 Å². The molecule has 0 unspecified atom stereocenters. The van der Waals surface area contributed by atoms with Crippen LogP contribution in [0, 0.1) is 13.8 Å². The van der Waals surface area contributed by atoms with Crippen LogP contribution in [0.1, 0.15) is 53.1 Å². The van der Waals surface area contributed by atoms with Crippen LogP contribution in [-0.4, -0.2) is 28.9 Å². The molecular weight excluding hydrogens is 436 g/mol. The maximum atomic E-state index is 13.2. The highest BCUT2D eigenvalue weighted by molar-refractivity contribution is 7.16. The van der Waals surface area contributed by atoms with E-state index >= 15 is 0 Å². The van der Waals surface area contributed by atoms with E-state index in [1.54, 1.807) is 31.4 Å². The summed E-state index contributed by atoms with van der Waals surface area (Å²) < 4.78 is 5.19. The first-order chi connectivity index (χ1) is 15.7. The predicted molar refractivity (Wildman–Crippen MR) is 130 cm³/mol. The second-order valence-electron chi connectivity index (χ2n) is 8.36. The molecule has 0 radical (unpaired) electrons. The molecule has 170 valence electrons. The number of aliphatic hydroxyl groups excluding tert-OH is 1. The van der Waals surface area contributed by atoms with Gasteiger partial charge in [-0.05, 0) is 55.2 Å². The number of thiazole rings is 1. The molecule has 33 heavy (non-hydrogen) atoms. The number of carbonyl (C=O) groups is 2. The van der Waals surface area contributed by atoms with Crippen molar-refractivity contribution in [3.63, 3.8) is 0 Å². The highest BCUT2D eigenvalue weighted by Gasteiger charge is 2.48. The average molecular weight is 463 g/mol. The molecular formula is C26H26N2O4S. The van der Waals surface area contributed by atoms with Crippen LogP contribution < -0.4 is 9.64 Å². The minimum atomic E-state index is -0.779. The monoisotopic (exact) mass is 462 g/mol. The Morgan fingerprint density at radius 1 is 1.06 bits per heavy atom. The molecule has 0 bridgehead atoms. The number of nitrogens with zero attached hydrogens (tertiary/aromatic N) is 2. The summed E-state index contributed by atoms with van der Waals surface area (Å²) in [4.78, 5) is 33.3. The Bertz CT molecular complexity index is 1220. The number of aromatic nitrogens is 1. The zero-order valence-electron chi connectivity index (χ0n) is 19.2. The summed E-state index contributed by atoms with van der Waals surface area (Å²) in [6, 6.07) is 13.8. The minimum absolute atomic E-state index is 0.0490. The summed E-state index contributed by atoms with van der Waals surface area (Å²) in [6.07, 6.45) is 0. The summed E-state index contributed by atoms with van der Waals surface area (Å²) in [5, 5.41) is 11.6. The van der Waals surface area contributed by atoms with Gasteiger partial charge in [-0.2, -0.15) is 0 Å². The fraction of sp³-hybridized carbons (Fsp3) is 0.269. The second kappa shape index (κ2) is 8.83. The standard InChI is InChI=1S/C26H26N2O4S/c1-14(2)17-6-8-18(9-7-17)22-21(23(29)19-10-12-20(32-5)13-11-19)24(30)25(31)28(22)26-27-15(3)16(4)33-26/h6-14,22,29H,1-5H3/b23-21+/t22-/m0/s1. The molecule has 1 aliphatic heterocycles. The quantitative estimate of drug-likeness (QED) is 0.307. The molecule has 0 spiro atoms. The van der Waals surface area contributed by atoms with E-state index < -0.39 is 17.7 Å².